The Balaban J connectivity index is 1.60. The fourth-order valence-corrected chi connectivity index (χ4v) is 4.03. The highest BCUT2D eigenvalue weighted by Gasteiger charge is 2.29. The van der Waals surface area contributed by atoms with Crippen molar-refractivity contribution in [3.8, 4) is 16.9 Å². The first-order valence-electron chi connectivity index (χ1n) is 9.62. The number of hydrogen-bond donors (Lipinski definition) is 0. The molecule has 0 bridgehead atoms. The lowest BCUT2D eigenvalue weighted by Crippen LogP contribution is -2.39. The van der Waals surface area contributed by atoms with Crippen LogP contribution in [0.1, 0.15) is 29.7 Å². The van der Waals surface area contributed by atoms with Gasteiger partial charge in [-0.25, -0.2) is 0 Å². The van der Waals surface area contributed by atoms with Crippen molar-refractivity contribution in [2.24, 2.45) is 0 Å². The van der Waals surface area contributed by atoms with Gasteiger partial charge in [0.25, 0.3) is 0 Å². The molecule has 0 saturated carbocycles. The monoisotopic (exact) mass is 372 g/mol. The van der Waals surface area contributed by atoms with E-state index in [9.17, 15) is 4.79 Å². The topological polar surface area (TPSA) is 42.4 Å². The van der Waals surface area contributed by atoms with E-state index >= 15 is 0 Å². The summed E-state index contributed by atoms with van der Waals surface area (Å²) in [7, 11) is 1.68. The summed E-state index contributed by atoms with van der Waals surface area (Å²) in [6, 6.07) is 18.5. The molecule has 1 amide bonds. The molecule has 1 aromatic heterocycles. The minimum absolute atomic E-state index is 0.0612. The average Bonchev–Trinajstić information content (AvgIpc) is 2.74. The molecule has 0 saturated heterocycles. The van der Waals surface area contributed by atoms with Gasteiger partial charge < -0.3 is 9.64 Å². The summed E-state index contributed by atoms with van der Waals surface area (Å²) in [5.74, 6) is 1.01. The van der Waals surface area contributed by atoms with E-state index in [-0.39, 0.29) is 11.9 Å². The summed E-state index contributed by atoms with van der Waals surface area (Å²) in [5.41, 5.74) is 5.95. The zero-order chi connectivity index (χ0) is 19.5. The molecule has 0 aliphatic carbocycles. The summed E-state index contributed by atoms with van der Waals surface area (Å²) in [6.45, 7) is 2.86. The maximum atomic E-state index is 12.9. The molecule has 1 aliphatic heterocycles. The van der Waals surface area contributed by atoms with Crippen LogP contribution in [0.2, 0.25) is 0 Å². The number of rotatable bonds is 4. The smallest absolute Gasteiger partial charge is 0.227 e. The number of carbonyl (C=O) groups excluding carboxylic acids is 1. The first-order chi connectivity index (χ1) is 13.7. The van der Waals surface area contributed by atoms with Crippen LogP contribution in [0.25, 0.3) is 11.1 Å². The van der Waals surface area contributed by atoms with Crippen LogP contribution in [0.5, 0.6) is 5.75 Å². The van der Waals surface area contributed by atoms with E-state index in [2.05, 4.69) is 42.2 Å². The first-order valence-corrected chi connectivity index (χ1v) is 9.62. The largest absolute Gasteiger partial charge is 0.497 e. The summed E-state index contributed by atoms with van der Waals surface area (Å²) >= 11 is 0. The third-order valence-electron chi connectivity index (χ3n) is 5.53. The van der Waals surface area contributed by atoms with Crippen LogP contribution in [0.3, 0.4) is 0 Å². The van der Waals surface area contributed by atoms with Crippen LogP contribution in [0, 0.1) is 0 Å². The predicted molar refractivity (Wildman–Crippen MR) is 110 cm³/mol. The molecule has 4 rings (SSSR count). The molecule has 0 N–H and O–H groups in total. The van der Waals surface area contributed by atoms with Gasteiger partial charge in [0.05, 0.1) is 19.6 Å². The molecule has 142 valence electrons. The third-order valence-corrected chi connectivity index (χ3v) is 5.53. The van der Waals surface area contributed by atoms with Gasteiger partial charge in [0.1, 0.15) is 5.75 Å². The number of methoxy groups -OCH3 is 1. The highest BCUT2D eigenvalue weighted by Crippen LogP contribution is 2.36. The van der Waals surface area contributed by atoms with Crippen LogP contribution in [0.15, 0.2) is 67.0 Å². The Kier molecular flexibility index (Phi) is 5.11. The number of aromatic nitrogens is 1. The highest BCUT2D eigenvalue weighted by molar-refractivity contribution is 5.80. The fraction of sp³-hybridized carbons (Fsp3) is 0.250. The predicted octanol–water partition coefficient (Wildman–Crippen LogP) is 4.45. The SMILES string of the molecule is COc1ccc(-c2cccc3c2CCN(C(=O)Cc2cccnc2)[C@@H]3C)cc1. The van der Waals surface area contributed by atoms with Crippen LogP contribution in [-0.4, -0.2) is 29.4 Å². The van der Waals surface area contributed by atoms with Crippen molar-refractivity contribution in [2.75, 3.05) is 13.7 Å². The molecule has 0 fully saturated rings. The quantitative estimate of drug-likeness (QED) is 0.680. The Morgan fingerprint density at radius 1 is 1.14 bits per heavy atom. The molecule has 4 heteroatoms. The number of nitrogens with zero attached hydrogens (tertiary/aromatic N) is 2. The molecule has 2 aromatic carbocycles. The van der Waals surface area contributed by atoms with Gasteiger partial charge in [-0.05, 0) is 59.4 Å². The molecule has 1 atom stereocenters. The lowest BCUT2D eigenvalue weighted by molar-refractivity contribution is -0.133. The van der Waals surface area contributed by atoms with Gasteiger partial charge in [0.15, 0.2) is 0 Å². The van der Waals surface area contributed by atoms with E-state index in [4.69, 9.17) is 4.74 Å². The second-order valence-corrected chi connectivity index (χ2v) is 7.15. The minimum atomic E-state index is 0.0612. The molecule has 0 radical (unpaired) electrons. The van der Waals surface area contributed by atoms with Crippen LogP contribution in [-0.2, 0) is 17.6 Å². The van der Waals surface area contributed by atoms with E-state index in [1.165, 1.54) is 22.3 Å². The molecule has 1 aliphatic rings. The summed E-state index contributed by atoms with van der Waals surface area (Å²) in [4.78, 5) is 19.0. The molecule has 3 aromatic rings. The fourth-order valence-electron chi connectivity index (χ4n) is 4.03. The molecular weight excluding hydrogens is 348 g/mol. The molecule has 4 nitrogen and oxygen atoms in total. The van der Waals surface area contributed by atoms with Crippen molar-refractivity contribution >= 4 is 5.91 Å². The zero-order valence-electron chi connectivity index (χ0n) is 16.3. The number of amides is 1. The Labute approximate surface area is 165 Å². The second-order valence-electron chi connectivity index (χ2n) is 7.15. The zero-order valence-corrected chi connectivity index (χ0v) is 16.3. The number of fused-ring (bicyclic) bond motifs is 1. The third kappa shape index (κ3) is 3.50. The van der Waals surface area contributed by atoms with E-state index in [0.29, 0.717) is 6.42 Å². The summed E-state index contributed by atoms with van der Waals surface area (Å²) < 4.78 is 5.28. The van der Waals surface area contributed by atoms with Gasteiger partial charge in [-0.2, -0.15) is 0 Å². The standard InChI is InChI=1S/C24H24N2O2/c1-17-21-6-3-7-22(19-8-10-20(28-2)11-9-19)23(21)12-14-26(17)24(27)15-18-5-4-13-25-16-18/h3-11,13,16-17H,12,14-15H2,1-2H3/t17-/m1/s1. The van der Waals surface area contributed by atoms with E-state index in [1.54, 1.807) is 19.5 Å². The van der Waals surface area contributed by atoms with Crippen molar-refractivity contribution < 1.29 is 9.53 Å². The van der Waals surface area contributed by atoms with Gasteiger partial charge >= 0.3 is 0 Å². The number of benzene rings is 2. The summed E-state index contributed by atoms with van der Waals surface area (Å²) in [6.07, 6.45) is 4.75. The van der Waals surface area contributed by atoms with E-state index < -0.39 is 0 Å². The number of carbonyl (C=O) groups is 1. The minimum Gasteiger partial charge on any atom is -0.497 e. The van der Waals surface area contributed by atoms with Gasteiger partial charge in [0.2, 0.25) is 5.91 Å². The average molecular weight is 372 g/mol. The molecular formula is C24H24N2O2. The van der Waals surface area contributed by atoms with Crippen LogP contribution < -0.4 is 4.74 Å². The molecule has 2 heterocycles. The maximum absolute atomic E-state index is 12.9. The Morgan fingerprint density at radius 2 is 1.96 bits per heavy atom. The number of ether oxygens (including phenoxy) is 1. The van der Waals surface area contributed by atoms with Crippen molar-refractivity contribution in [3.05, 3.63) is 83.7 Å². The lowest BCUT2D eigenvalue weighted by atomic mass is 9.87. The first kappa shape index (κ1) is 18.2. The Hall–Kier alpha value is -3.14. The Bertz CT molecular complexity index is 968. The number of pyridine rings is 1. The van der Waals surface area contributed by atoms with Crippen molar-refractivity contribution in [1.82, 2.24) is 9.88 Å². The summed E-state index contributed by atoms with van der Waals surface area (Å²) in [5, 5.41) is 0. The highest BCUT2D eigenvalue weighted by atomic mass is 16.5. The molecule has 28 heavy (non-hydrogen) atoms. The normalized spacial score (nSPS) is 15.8. The lowest BCUT2D eigenvalue weighted by Gasteiger charge is -2.36. The van der Waals surface area contributed by atoms with Crippen LogP contribution in [0.4, 0.5) is 0 Å². The number of hydrogen-bond acceptors (Lipinski definition) is 3. The van der Waals surface area contributed by atoms with E-state index in [0.717, 1.165) is 24.3 Å². The van der Waals surface area contributed by atoms with Gasteiger partial charge in [-0.1, -0.05) is 36.4 Å². The molecule has 0 spiro atoms. The van der Waals surface area contributed by atoms with Gasteiger partial charge in [-0.3, -0.25) is 9.78 Å². The van der Waals surface area contributed by atoms with Crippen molar-refractivity contribution in [1.29, 1.82) is 0 Å². The van der Waals surface area contributed by atoms with Crippen molar-refractivity contribution in [3.63, 3.8) is 0 Å². The van der Waals surface area contributed by atoms with Gasteiger partial charge in [0, 0.05) is 18.9 Å². The molecule has 0 unspecified atom stereocenters. The van der Waals surface area contributed by atoms with Crippen LogP contribution >= 0.6 is 0 Å². The van der Waals surface area contributed by atoms with Gasteiger partial charge in [-0.15, -0.1) is 0 Å². The van der Waals surface area contributed by atoms with E-state index in [1.807, 2.05) is 29.2 Å². The van der Waals surface area contributed by atoms with Crippen molar-refractivity contribution in [2.45, 2.75) is 25.8 Å². The maximum Gasteiger partial charge on any atom is 0.227 e. The second kappa shape index (κ2) is 7.85. The Morgan fingerprint density at radius 3 is 2.68 bits per heavy atom.